The molecule has 1 rings (SSSR count). The number of rotatable bonds is 10. The van der Waals surface area contributed by atoms with Crippen molar-refractivity contribution in [3.8, 4) is 0 Å². The molecule has 0 saturated carbocycles. The van der Waals surface area contributed by atoms with Gasteiger partial charge in [0.15, 0.2) is 5.89 Å². The van der Waals surface area contributed by atoms with Crippen LogP contribution in [0.5, 0.6) is 0 Å². The molecule has 0 aliphatic heterocycles. The number of nitrogens with zero attached hydrogens (tertiary/aromatic N) is 1. The van der Waals surface area contributed by atoms with Gasteiger partial charge in [-0.2, -0.15) is 0 Å². The molecule has 0 atom stereocenters. The van der Waals surface area contributed by atoms with Crippen LogP contribution in [0.1, 0.15) is 38.3 Å². The summed E-state index contributed by atoms with van der Waals surface area (Å²) in [4.78, 5) is 4.28. The van der Waals surface area contributed by atoms with Gasteiger partial charge >= 0.3 is 0 Å². The summed E-state index contributed by atoms with van der Waals surface area (Å²) in [5, 5.41) is 3.29. The summed E-state index contributed by atoms with van der Waals surface area (Å²) < 4.78 is 10.9. The van der Waals surface area contributed by atoms with Gasteiger partial charge in [0.05, 0.1) is 6.20 Å². The van der Waals surface area contributed by atoms with Crippen molar-refractivity contribution in [3.63, 3.8) is 0 Å². The van der Waals surface area contributed by atoms with Crippen LogP contribution in [0.3, 0.4) is 0 Å². The van der Waals surface area contributed by atoms with Crippen LogP contribution in [-0.4, -0.2) is 31.3 Å². The molecule has 1 aromatic heterocycles. The lowest BCUT2D eigenvalue weighted by Gasteiger charge is -1.99. The van der Waals surface area contributed by atoms with Crippen molar-refractivity contribution in [2.24, 2.45) is 0 Å². The van der Waals surface area contributed by atoms with E-state index in [4.69, 9.17) is 9.15 Å². The molecule has 17 heavy (non-hydrogen) atoms. The molecule has 0 amide bonds. The highest BCUT2D eigenvalue weighted by atomic mass is 16.5. The van der Waals surface area contributed by atoms with Crippen LogP contribution in [0.4, 0.5) is 0 Å². The van der Waals surface area contributed by atoms with Crippen molar-refractivity contribution in [1.29, 1.82) is 0 Å². The van der Waals surface area contributed by atoms with Crippen LogP contribution in [0, 0.1) is 0 Å². The number of hydrogen-bond acceptors (Lipinski definition) is 4. The van der Waals surface area contributed by atoms with E-state index in [0.29, 0.717) is 0 Å². The van der Waals surface area contributed by atoms with Gasteiger partial charge < -0.3 is 14.5 Å². The Balaban J connectivity index is 2.14. The van der Waals surface area contributed by atoms with Gasteiger partial charge in [-0.25, -0.2) is 4.98 Å². The normalized spacial score (nSPS) is 10.9. The van der Waals surface area contributed by atoms with Crippen molar-refractivity contribution in [2.75, 3.05) is 26.3 Å². The summed E-state index contributed by atoms with van der Waals surface area (Å²) in [6.45, 7) is 7.75. The molecule has 0 bridgehead atoms. The first kappa shape index (κ1) is 14.2. The molecule has 1 heterocycles. The molecule has 4 nitrogen and oxygen atoms in total. The minimum absolute atomic E-state index is 0.784. The van der Waals surface area contributed by atoms with Crippen molar-refractivity contribution in [3.05, 3.63) is 17.8 Å². The van der Waals surface area contributed by atoms with Crippen LogP contribution in [-0.2, 0) is 17.6 Å². The molecule has 0 radical (unpaired) electrons. The summed E-state index contributed by atoms with van der Waals surface area (Å²) in [5.41, 5.74) is 0. The SMILES string of the molecule is CCNCCCc1ncc(CCCOCC)o1. The van der Waals surface area contributed by atoms with Crippen LogP contribution in [0.15, 0.2) is 10.6 Å². The maximum Gasteiger partial charge on any atom is 0.194 e. The average molecular weight is 240 g/mol. The molecule has 0 aliphatic carbocycles. The van der Waals surface area contributed by atoms with Crippen LogP contribution >= 0.6 is 0 Å². The molecule has 98 valence electrons. The Labute approximate surface area is 104 Å². The number of aryl methyl sites for hydroxylation is 2. The van der Waals surface area contributed by atoms with E-state index in [9.17, 15) is 0 Å². The molecule has 0 aromatic carbocycles. The van der Waals surface area contributed by atoms with Gasteiger partial charge in [-0.05, 0) is 32.9 Å². The third kappa shape index (κ3) is 6.44. The van der Waals surface area contributed by atoms with Crippen molar-refractivity contribution in [2.45, 2.75) is 39.5 Å². The first-order valence-corrected chi connectivity index (χ1v) is 6.58. The Hall–Kier alpha value is -0.870. The number of oxazole rings is 1. The lowest BCUT2D eigenvalue weighted by molar-refractivity contribution is 0.144. The standard InChI is InChI=1S/C13H24N2O2/c1-3-14-9-5-8-13-15-11-12(17-13)7-6-10-16-4-2/h11,14H,3-10H2,1-2H3. The van der Waals surface area contributed by atoms with Gasteiger partial charge in [-0.3, -0.25) is 0 Å². The number of hydrogen-bond donors (Lipinski definition) is 1. The van der Waals surface area contributed by atoms with Crippen molar-refractivity contribution >= 4 is 0 Å². The van der Waals surface area contributed by atoms with E-state index in [1.165, 1.54) is 0 Å². The van der Waals surface area contributed by atoms with E-state index in [-0.39, 0.29) is 0 Å². The molecule has 0 aliphatic rings. The van der Waals surface area contributed by atoms with Gasteiger partial charge in [-0.1, -0.05) is 6.92 Å². The number of nitrogens with one attached hydrogen (secondary N) is 1. The van der Waals surface area contributed by atoms with E-state index in [0.717, 1.165) is 63.6 Å². The van der Waals surface area contributed by atoms with Crippen LogP contribution in [0.25, 0.3) is 0 Å². The minimum Gasteiger partial charge on any atom is -0.446 e. The van der Waals surface area contributed by atoms with Gasteiger partial charge in [-0.15, -0.1) is 0 Å². The third-order valence-electron chi connectivity index (χ3n) is 2.51. The molecule has 1 N–H and O–H groups in total. The molecule has 0 saturated heterocycles. The molecule has 0 spiro atoms. The molecule has 0 fully saturated rings. The summed E-state index contributed by atoms with van der Waals surface area (Å²) in [6.07, 6.45) is 5.75. The Kier molecular flexibility index (Phi) is 7.67. The minimum atomic E-state index is 0.784. The smallest absolute Gasteiger partial charge is 0.194 e. The largest absolute Gasteiger partial charge is 0.446 e. The monoisotopic (exact) mass is 240 g/mol. The second-order valence-corrected chi connectivity index (χ2v) is 3.98. The van der Waals surface area contributed by atoms with E-state index < -0.39 is 0 Å². The second-order valence-electron chi connectivity index (χ2n) is 3.98. The van der Waals surface area contributed by atoms with E-state index in [2.05, 4.69) is 17.2 Å². The molecular weight excluding hydrogens is 216 g/mol. The third-order valence-corrected chi connectivity index (χ3v) is 2.51. The summed E-state index contributed by atoms with van der Waals surface area (Å²) in [5.74, 6) is 1.83. The zero-order valence-corrected chi connectivity index (χ0v) is 11.0. The fourth-order valence-corrected chi connectivity index (χ4v) is 1.61. The maximum atomic E-state index is 5.65. The Morgan fingerprint density at radius 3 is 2.94 bits per heavy atom. The van der Waals surface area contributed by atoms with E-state index >= 15 is 0 Å². The molecule has 0 unspecified atom stereocenters. The topological polar surface area (TPSA) is 47.3 Å². The lowest BCUT2D eigenvalue weighted by Crippen LogP contribution is -2.14. The van der Waals surface area contributed by atoms with Gasteiger partial charge in [0, 0.05) is 26.1 Å². The maximum absolute atomic E-state index is 5.65. The zero-order valence-electron chi connectivity index (χ0n) is 11.0. The van der Waals surface area contributed by atoms with Gasteiger partial charge in [0.2, 0.25) is 0 Å². The van der Waals surface area contributed by atoms with Crippen molar-refractivity contribution < 1.29 is 9.15 Å². The van der Waals surface area contributed by atoms with Crippen LogP contribution in [0.2, 0.25) is 0 Å². The zero-order chi connectivity index (χ0) is 12.3. The Bertz CT molecular complexity index is 260. The summed E-state index contributed by atoms with van der Waals surface area (Å²) in [6, 6.07) is 0. The first-order chi connectivity index (χ1) is 8.36. The highest BCUT2D eigenvalue weighted by Gasteiger charge is 2.03. The highest BCUT2D eigenvalue weighted by Crippen LogP contribution is 2.08. The highest BCUT2D eigenvalue weighted by molar-refractivity contribution is 4.94. The summed E-state index contributed by atoms with van der Waals surface area (Å²) >= 11 is 0. The summed E-state index contributed by atoms with van der Waals surface area (Å²) in [7, 11) is 0. The quantitative estimate of drug-likeness (QED) is 0.637. The lowest BCUT2D eigenvalue weighted by atomic mass is 10.3. The molecule has 4 heteroatoms. The predicted molar refractivity (Wildman–Crippen MR) is 68.2 cm³/mol. The first-order valence-electron chi connectivity index (χ1n) is 6.58. The van der Waals surface area contributed by atoms with Gasteiger partial charge in [0.1, 0.15) is 5.76 Å². The Morgan fingerprint density at radius 2 is 2.18 bits per heavy atom. The fourth-order valence-electron chi connectivity index (χ4n) is 1.61. The molecule has 1 aromatic rings. The second kappa shape index (κ2) is 9.19. The Morgan fingerprint density at radius 1 is 1.29 bits per heavy atom. The predicted octanol–water partition coefficient (Wildman–Crippen LogP) is 2.19. The number of ether oxygens (including phenoxy) is 1. The van der Waals surface area contributed by atoms with E-state index in [1.807, 2.05) is 13.1 Å². The fraction of sp³-hybridized carbons (Fsp3) is 0.769. The number of aromatic nitrogens is 1. The van der Waals surface area contributed by atoms with Crippen LogP contribution < -0.4 is 5.32 Å². The average Bonchev–Trinajstić information content (AvgIpc) is 2.78. The molecular formula is C13H24N2O2. The van der Waals surface area contributed by atoms with Crippen molar-refractivity contribution in [1.82, 2.24) is 10.3 Å². The van der Waals surface area contributed by atoms with E-state index in [1.54, 1.807) is 0 Å². The van der Waals surface area contributed by atoms with Gasteiger partial charge in [0.25, 0.3) is 0 Å².